The van der Waals surface area contributed by atoms with Crippen molar-refractivity contribution in [2.24, 2.45) is 4.99 Å². The molecule has 1 N–H and O–H groups in total. The summed E-state index contributed by atoms with van der Waals surface area (Å²) < 4.78 is 39.5. The lowest BCUT2D eigenvalue weighted by Crippen LogP contribution is -2.33. The number of aliphatic imine (C=N–C) groups is 1. The van der Waals surface area contributed by atoms with Crippen LogP contribution in [-0.4, -0.2) is 68.5 Å². The summed E-state index contributed by atoms with van der Waals surface area (Å²) in [6.45, 7) is 3.15. The molecule has 0 spiro atoms. The molecule has 0 atom stereocenters. The van der Waals surface area contributed by atoms with Crippen LogP contribution in [0.25, 0.3) is 0 Å². The third-order valence-corrected chi connectivity index (χ3v) is 8.11. The van der Waals surface area contributed by atoms with Crippen LogP contribution in [0.5, 0.6) is 5.75 Å². The molecule has 194 valence electrons. The van der Waals surface area contributed by atoms with Crippen LogP contribution in [-0.2, 0) is 21.3 Å². The molecule has 1 amide bonds. The summed E-state index contributed by atoms with van der Waals surface area (Å²) in [6, 6.07) is 4.11. The Hall–Kier alpha value is -2.85. The molecule has 1 aromatic rings. The van der Waals surface area contributed by atoms with Crippen molar-refractivity contribution in [3.8, 4) is 5.75 Å². The Bertz CT molecular complexity index is 1250. The number of carbonyl (C=O) groups is 1. The molecule has 0 bridgehead atoms. The number of amides is 1. The zero-order valence-electron chi connectivity index (χ0n) is 20.7. The molecule has 1 aromatic carbocycles. The summed E-state index contributed by atoms with van der Waals surface area (Å²) in [4.78, 5) is 21.1. The second kappa shape index (κ2) is 10.3. The van der Waals surface area contributed by atoms with Gasteiger partial charge in [0.1, 0.15) is 5.69 Å². The summed E-state index contributed by atoms with van der Waals surface area (Å²) >= 11 is 0. The minimum absolute atomic E-state index is 0.0666. The predicted molar refractivity (Wildman–Crippen MR) is 138 cm³/mol. The van der Waals surface area contributed by atoms with E-state index in [-0.39, 0.29) is 11.7 Å². The molecule has 0 saturated heterocycles. The van der Waals surface area contributed by atoms with Gasteiger partial charge in [0.05, 0.1) is 15.8 Å². The van der Waals surface area contributed by atoms with Crippen LogP contribution >= 0.6 is 0 Å². The molecule has 0 fully saturated rings. The third-order valence-electron chi connectivity index (χ3n) is 7.33. The van der Waals surface area contributed by atoms with E-state index in [0.29, 0.717) is 25.1 Å². The number of aryl methyl sites for hydroxylation is 1. The van der Waals surface area contributed by atoms with E-state index in [1.54, 1.807) is 7.05 Å². The van der Waals surface area contributed by atoms with Crippen molar-refractivity contribution in [3.05, 3.63) is 40.8 Å². The van der Waals surface area contributed by atoms with Gasteiger partial charge in [0.15, 0.2) is 11.5 Å². The fraction of sp³-hybridized carbons (Fsp3) is 0.538. The fourth-order valence-electron chi connectivity index (χ4n) is 5.57. The number of nitrogens with one attached hydrogen (secondary N) is 1. The van der Waals surface area contributed by atoms with E-state index in [2.05, 4.69) is 27.3 Å². The molecule has 3 aliphatic heterocycles. The number of hydrogen-bond acceptors (Lipinski definition) is 8. The Morgan fingerprint density at radius 2 is 1.92 bits per heavy atom. The summed E-state index contributed by atoms with van der Waals surface area (Å²) in [6.07, 6.45) is 8.58. The molecule has 10 heteroatoms. The van der Waals surface area contributed by atoms with E-state index in [9.17, 15) is 17.8 Å². The normalized spacial score (nSPS) is 18.8. The molecule has 0 saturated carbocycles. The highest BCUT2D eigenvalue weighted by Gasteiger charge is 2.30. The zero-order chi connectivity index (χ0) is 25.3. The van der Waals surface area contributed by atoms with E-state index in [4.69, 9.17) is 9.73 Å². The van der Waals surface area contributed by atoms with Crippen LogP contribution < -0.4 is 15.0 Å². The van der Waals surface area contributed by atoms with Gasteiger partial charge >= 0.3 is 0 Å². The van der Waals surface area contributed by atoms with Crippen LogP contribution in [0.15, 0.2) is 40.2 Å². The number of ether oxygens (including phenoxy) is 1. The lowest BCUT2D eigenvalue weighted by Gasteiger charge is -2.37. The van der Waals surface area contributed by atoms with Gasteiger partial charge in [0.25, 0.3) is 0 Å². The summed E-state index contributed by atoms with van der Waals surface area (Å²) in [7, 11) is -2.54. The van der Waals surface area contributed by atoms with Crippen molar-refractivity contribution >= 4 is 33.1 Å². The van der Waals surface area contributed by atoms with Crippen molar-refractivity contribution in [3.63, 3.8) is 0 Å². The Kier molecular flexibility index (Phi) is 7.07. The number of hydrogen-bond donors (Lipinski definition) is 1. The van der Waals surface area contributed by atoms with Crippen molar-refractivity contribution < 1.29 is 22.5 Å². The van der Waals surface area contributed by atoms with E-state index in [1.165, 1.54) is 16.8 Å². The maximum Gasteiger partial charge on any atom is 0.219 e. The first kappa shape index (κ1) is 24.8. The zero-order valence-corrected chi connectivity index (χ0v) is 21.5. The molecule has 4 aliphatic rings. The van der Waals surface area contributed by atoms with Crippen molar-refractivity contribution in [1.82, 2.24) is 10.2 Å². The number of benzene rings is 1. The maximum atomic E-state index is 11.6. The van der Waals surface area contributed by atoms with E-state index in [0.717, 1.165) is 81.0 Å². The highest BCUT2D eigenvalue weighted by atomic mass is 32.2. The van der Waals surface area contributed by atoms with Gasteiger partial charge in [0, 0.05) is 75.3 Å². The van der Waals surface area contributed by atoms with Gasteiger partial charge in [-0.15, -0.1) is 0 Å². The predicted octanol–water partition coefficient (Wildman–Crippen LogP) is 3.00. The Balaban J connectivity index is 1.35. The molecule has 0 aromatic heterocycles. The van der Waals surface area contributed by atoms with Crippen LogP contribution in [0.4, 0.5) is 11.4 Å². The first-order chi connectivity index (χ1) is 17.3. The van der Waals surface area contributed by atoms with Crippen molar-refractivity contribution in [2.45, 2.75) is 51.4 Å². The van der Waals surface area contributed by atoms with Gasteiger partial charge in [-0.05, 0) is 55.7 Å². The number of rotatable bonds is 8. The van der Waals surface area contributed by atoms with Gasteiger partial charge in [-0.2, -0.15) is 0 Å². The summed E-state index contributed by atoms with van der Waals surface area (Å²) in [5, 5.41) is 2.69. The summed E-state index contributed by atoms with van der Waals surface area (Å²) in [5.74, 6) is 1.20. The maximum absolute atomic E-state index is 11.6. The third kappa shape index (κ3) is 5.44. The lowest BCUT2D eigenvalue weighted by atomic mass is 9.90. The van der Waals surface area contributed by atoms with Gasteiger partial charge in [-0.3, -0.25) is 4.79 Å². The largest absolute Gasteiger partial charge is 0.748 e. The standard InChI is InChI=1S/C26H34N4O5S/c1-27-26(31)8-4-11-29-9-2-6-18-14-20-24(16-22(18)29)35-25-17-23-19(15-21(25)28-20)7-3-10-30(23)12-5-13-36(32,33)34/h15-17H,2-14H2,1H3,(H,27,31)(H,32,33,34)/p-1. The molecule has 36 heavy (non-hydrogen) atoms. The van der Waals surface area contributed by atoms with Gasteiger partial charge in [-0.25, -0.2) is 13.4 Å². The molecular weight excluding hydrogens is 480 g/mol. The smallest absolute Gasteiger partial charge is 0.219 e. The monoisotopic (exact) mass is 513 g/mol. The minimum Gasteiger partial charge on any atom is -0.748 e. The highest BCUT2D eigenvalue weighted by Crippen LogP contribution is 2.44. The van der Waals surface area contributed by atoms with Crippen LogP contribution in [0, 0.1) is 0 Å². The quantitative estimate of drug-likeness (QED) is 0.532. The molecule has 0 radical (unpaired) electrons. The van der Waals surface area contributed by atoms with E-state index < -0.39 is 10.1 Å². The minimum atomic E-state index is -4.21. The average Bonchev–Trinajstić information content (AvgIpc) is 2.84. The Morgan fingerprint density at radius 3 is 2.72 bits per heavy atom. The highest BCUT2D eigenvalue weighted by molar-refractivity contribution is 7.85. The second-order valence-corrected chi connectivity index (χ2v) is 11.4. The number of allylic oxidation sites excluding steroid dienone is 3. The second-order valence-electron chi connectivity index (χ2n) is 9.86. The molecule has 0 unspecified atom stereocenters. The van der Waals surface area contributed by atoms with Crippen LogP contribution in [0.2, 0.25) is 0 Å². The molecule has 9 nitrogen and oxygen atoms in total. The fourth-order valence-corrected chi connectivity index (χ4v) is 6.05. The number of carbonyl (C=O) groups excluding carboxylic acids is 1. The number of fused-ring (bicyclic) bond motifs is 3. The number of nitrogens with zero attached hydrogens (tertiary/aromatic N) is 3. The molecular formula is C26H33N4O5S-. The van der Waals surface area contributed by atoms with Gasteiger partial charge in [0.2, 0.25) is 5.91 Å². The Labute approximate surface area is 212 Å². The molecule has 3 heterocycles. The molecule has 5 rings (SSSR count). The first-order valence-electron chi connectivity index (χ1n) is 12.8. The van der Waals surface area contributed by atoms with Crippen LogP contribution in [0.1, 0.15) is 50.5 Å². The van der Waals surface area contributed by atoms with Gasteiger partial charge < -0.3 is 24.4 Å². The average molecular weight is 514 g/mol. The van der Waals surface area contributed by atoms with Gasteiger partial charge in [-0.1, -0.05) is 0 Å². The van der Waals surface area contributed by atoms with E-state index in [1.807, 2.05) is 6.07 Å². The van der Waals surface area contributed by atoms with E-state index >= 15 is 0 Å². The van der Waals surface area contributed by atoms with Crippen LogP contribution in [0.3, 0.4) is 0 Å². The Morgan fingerprint density at radius 1 is 1.14 bits per heavy atom. The number of anilines is 1. The van der Waals surface area contributed by atoms with Crippen molar-refractivity contribution in [2.75, 3.05) is 43.9 Å². The lowest BCUT2D eigenvalue weighted by molar-refractivity contribution is -0.120. The van der Waals surface area contributed by atoms with Crippen molar-refractivity contribution in [1.29, 1.82) is 0 Å². The topological polar surface area (TPSA) is 114 Å². The summed E-state index contributed by atoms with van der Waals surface area (Å²) in [5.41, 5.74) is 6.60. The first-order valence-corrected chi connectivity index (χ1v) is 14.4. The SMILES string of the molecule is CNC(=O)CCCN1CCCC2=C1C=C1Oc3cc4c(cc3N=C1C2)CCCN4CCCS(=O)(=O)[O-]. The molecule has 1 aliphatic carbocycles.